The first-order chi connectivity index (χ1) is 15.7. The number of H-pyrrole nitrogens is 1. The van der Waals surface area contributed by atoms with Gasteiger partial charge in [-0.05, 0) is 65.4 Å². The summed E-state index contributed by atoms with van der Waals surface area (Å²) >= 11 is 14.3. The van der Waals surface area contributed by atoms with Crippen LogP contribution in [0.5, 0.6) is 17.4 Å². The van der Waals surface area contributed by atoms with E-state index in [1.165, 1.54) is 6.08 Å². The van der Waals surface area contributed by atoms with Gasteiger partial charge in [0.2, 0.25) is 0 Å². The molecule has 3 aromatic rings. The van der Waals surface area contributed by atoms with Crippen molar-refractivity contribution in [1.29, 1.82) is 0 Å². The number of nitrogens with zero attached hydrogens (tertiary/aromatic N) is 2. The van der Waals surface area contributed by atoms with Crippen LogP contribution >= 0.6 is 45.8 Å². The number of nitro groups is 1. The van der Waals surface area contributed by atoms with Gasteiger partial charge >= 0.3 is 11.2 Å². The van der Waals surface area contributed by atoms with Crippen molar-refractivity contribution in [3.8, 4) is 17.4 Å². The number of rotatable bonds is 8. The average molecular weight is 604 g/mol. The number of aromatic nitrogens is 2. The molecular weight excluding hydrogens is 588 g/mol. The standard InChI is InChI=1S/C21H16Cl2IN3O6/c1-2-32-16-8-11(3-6-17-25-20(28)18(27(30)31)21(29)26-17)7-15(24)19(16)33-10-12-4-5-13(22)9-14(12)23/h3-9H,2,10H2,1H3,(H2,25,26,28,29)/b6-3-. The lowest BCUT2D eigenvalue weighted by Gasteiger charge is -2.15. The second kappa shape index (κ2) is 10.9. The summed E-state index contributed by atoms with van der Waals surface area (Å²) in [6.07, 6.45) is 3.01. The first kappa shape index (κ1) is 24.8. The number of benzene rings is 2. The van der Waals surface area contributed by atoms with Gasteiger partial charge in [0.25, 0.3) is 5.88 Å². The van der Waals surface area contributed by atoms with Gasteiger partial charge in [0.1, 0.15) is 12.4 Å². The molecule has 172 valence electrons. The van der Waals surface area contributed by atoms with E-state index in [1.54, 1.807) is 30.3 Å². The number of hydrogen-bond acceptors (Lipinski definition) is 7. The van der Waals surface area contributed by atoms with Gasteiger partial charge in [-0.15, -0.1) is 0 Å². The van der Waals surface area contributed by atoms with E-state index < -0.39 is 22.0 Å². The minimum atomic E-state index is -1.05. The zero-order valence-electron chi connectivity index (χ0n) is 17.0. The number of halogens is 3. The quantitative estimate of drug-likeness (QED) is 0.199. The highest BCUT2D eigenvalue weighted by atomic mass is 127. The summed E-state index contributed by atoms with van der Waals surface area (Å²) < 4.78 is 12.4. The Bertz CT molecular complexity index is 1300. The highest BCUT2D eigenvalue weighted by Gasteiger charge is 2.21. The van der Waals surface area contributed by atoms with Gasteiger partial charge in [0, 0.05) is 15.6 Å². The first-order valence-corrected chi connectivity index (χ1v) is 11.2. The van der Waals surface area contributed by atoms with Gasteiger partial charge in [-0.1, -0.05) is 35.3 Å². The maximum atomic E-state index is 11.8. The monoisotopic (exact) mass is 603 g/mol. The molecule has 33 heavy (non-hydrogen) atoms. The minimum absolute atomic E-state index is 0.0474. The van der Waals surface area contributed by atoms with E-state index in [9.17, 15) is 20.0 Å². The van der Waals surface area contributed by atoms with Crippen molar-refractivity contribution in [2.75, 3.05) is 6.61 Å². The molecule has 3 rings (SSSR count). The Morgan fingerprint density at radius 3 is 2.64 bits per heavy atom. The fourth-order valence-corrected chi connectivity index (χ4v) is 4.01. The first-order valence-electron chi connectivity index (χ1n) is 9.38. The lowest BCUT2D eigenvalue weighted by Crippen LogP contribution is -2.14. The third kappa shape index (κ3) is 6.15. The molecule has 0 saturated heterocycles. The van der Waals surface area contributed by atoms with Crippen LogP contribution in [0.4, 0.5) is 5.69 Å². The highest BCUT2D eigenvalue weighted by Crippen LogP contribution is 2.36. The number of nitrogens with one attached hydrogen (secondary N) is 1. The van der Waals surface area contributed by atoms with Crippen LogP contribution in [0.2, 0.25) is 10.0 Å². The Balaban J connectivity index is 1.87. The topological polar surface area (TPSA) is 128 Å². The molecule has 2 N–H and O–H groups in total. The molecule has 0 aliphatic carbocycles. The number of aromatic amines is 1. The largest absolute Gasteiger partial charge is 0.490 e. The van der Waals surface area contributed by atoms with Crippen LogP contribution < -0.4 is 15.0 Å². The fraction of sp³-hybridized carbons (Fsp3) is 0.143. The molecule has 0 unspecified atom stereocenters. The molecule has 12 heteroatoms. The van der Waals surface area contributed by atoms with Gasteiger partial charge in [-0.25, -0.2) is 0 Å². The molecule has 0 bridgehead atoms. The van der Waals surface area contributed by atoms with Gasteiger partial charge in [0.05, 0.1) is 15.1 Å². The molecule has 0 amide bonds. The molecular formula is C21H16Cl2IN3O6. The summed E-state index contributed by atoms with van der Waals surface area (Å²) in [6, 6.07) is 8.68. The molecule has 0 fully saturated rings. The predicted molar refractivity (Wildman–Crippen MR) is 133 cm³/mol. The van der Waals surface area contributed by atoms with Crippen LogP contribution in [-0.4, -0.2) is 26.6 Å². The van der Waals surface area contributed by atoms with Gasteiger partial charge in [-0.3, -0.25) is 14.9 Å². The van der Waals surface area contributed by atoms with Gasteiger partial charge in [-0.2, -0.15) is 4.98 Å². The zero-order chi connectivity index (χ0) is 24.1. The SMILES string of the molecule is CCOc1cc(/C=C\c2nc(O)c([N+](=O)[O-])c(=O)[nH]2)cc(I)c1OCc1ccc(Cl)cc1Cl. The second-order valence-electron chi connectivity index (χ2n) is 6.50. The van der Waals surface area contributed by atoms with Crippen molar-refractivity contribution in [3.63, 3.8) is 0 Å². The van der Waals surface area contributed by atoms with E-state index in [1.807, 2.05) is 13.0 Å². The summed E-state index contributed by atoms with van der Waals surface area (Å²) in [5.41, 5.74) is -0.625. The summed E-state index contributed by atoms with van der Waals surface area (Å²) in [7, 11) is 0. The maximum absolute atomic E-state index is 11.8. The van der Waals surface area contributed by atoms with Crippen LogP contribution in [0.25, 0.3) is 12.2 Å². The van der Waals surface area contributed by atoms with Crippen molar-refractivity contribution in [2.45, 2.75) is 13.5 Å². The molecule has 2 aromatic carbocycles. The lowest BCUT2D eigenvalue weighted by molar-refractivity contribution is -0.387. The molecule has 9 nitrogen and oxygen atoms in total. The molecule has 0 atom stereocenters. The van der Waals surface area contributed by atoms with Gasteiger partial charge < -0.3 is 19.6 Å². The van der Waals surface area contributed by atoms with Crippen molar-refractivity contribution < 1.29 is 19.5 Å². The molecule has 0 saturated carbocycles. The molecule has 1 heterocycles. The normalized spacial score (nSPS) is 11.0. The van der Waals surface area contributed by atoms with E-state index in [2.05, 4.69) is 32.6 Å². The molecule has 0 spiro atoms. The van der Waals surface area contributed by atoms with E-state index in [0.29, 0.717) is 33.7 Å². The van der Waals surface area contributed by atoms with Crippen molar-refractivity contribution in [3.05, 3.63) is 81.4 Å². The van der Waals surface area contributed by atoms with Crippen molar-refractivity contribution in [1.82, 2.24) is 9.97 Å². The third-order valence-electron chi connectivity index (χ3n) is 4.23. The van der Waals surface area contributed by atoms with E-state index in [-0.39, 0.29) is 12.4 Å². The van der Waals surface area contributed by atoms with E-state index >= 15 is 0 Å². The van der Waals surface area contributed by atoms with E-state index in [4.69, 9.17) is 32.7 Å². The Morgan fingerprint density at radius 1 is 1.24 bits per heavy atom. The number of aromatic hydroxyl groups is 1. The smallest absolute Gasteiger partial charge is 0.395 e. The lowest BCUT2D eigenvalue weighted by atomic mass is 10.2. The summed E-state index contributed by atoms with van der Waals surface area (Å²) in [4.78, 5) is 27.5. The molecule has 0 radical (unpaired) electrons. The Morgan fingerprint density at radius 2 is 2.00 bits per heavy atom. The summed E-state index contributed by atoms with van der Waals surface area (Å²) in [5, 5.41) is 21.5. The Labute approximate surface area is 211 Å². The maximum Gasteiger partial charge on any atom is 0.395 e. The van der Waals surface area contributed by atoms with E-state index in [0.717, 1.165) is 9.13 Å². The summed E-state index contributed by atoms with van der Waals surface area (Å²) in [5.74, 6) is 0.00799. The van der Waals surface area contributed by atoms with Crippen LogP contribution in [0.1, 0.15) is 23.9 Å². The number of hydrogen-bond donors (Lipinski definition) is 2. The average Bonchev–Trinajstić information content (AvgIpc) is 2.72. The minimum Gasteiger partial charge on any atom is -0.490 e. The number of ether oxygens (including phenoxy) is 2. The molecule has 0 aliphatic heterocycles. The van der Waals surface area contributed by atoms with Crippen LogP contribution in [0, 0.1) is 13.7 Å². The van der Waals surface area contributed by atoms with Crippen molar-refractivity contribution in [2.24, 2.45) is 0 Å². The predicted octanol–water partition coefficient (Wildman–Crippen LogP) is 5.44. The Kier molecular flexibility index (Phi) is 8.16. The second-order valence-corrected chi connectivity index (χ2v) is 8.51. The summed E-state index contributed by atoms with van der Waals surface area (Å²) in [6.45, 7) is 2.43. The van der Waals surface area contributed by atoms with Crippen LogP contribution in [-0.2, 0) is 6.61 Å². The third-order valence-corrected chi connectivity index (χ3v) is 5.62. The van der Waals surface area contributed by atoms with Crippen LogP contribution in [0.15, 0.2) is 35.1 Å². The fourth-order valence-electron chi connectivity index (χ4n) is 2.77. The molecule has 1 aromatic heterocycles. The zero-order valence-corrected chi connectivity index (χ0v) is 20.6. The molecule has 0 aliphatic rings. The Hall–Kier alpha value is -2.83. The highest BCUT2D eigenvalue weighted by molar-refractivity contribution is 14.1. The van der Waals surface area contributed by atoms with Crippen LogP contribution in [0.3, 0.4) is 0 Å². The van der Waals surface area contributed by atoms with Crippen molar-refractivity contribution >= 4 is 63.6 Å². The van der Waals surface area contributed by atoms with Gasteiger partial charge in [0.15, 0.2) is 11.5 Å².